The summed E-state index contributed by atoms with van der Waals surface area (Å²) in [4.78, 5) is 4.53. The van der Waals surface area contributed by atoms with E-state index in [4.69, 9.17) is 9.26 Å². The van der Waals surface area contributed by atoms with Crippen LogP contribution in [0.2, 0.25) is 0 Å². The molecule has 1 aromatic heterocycles. The van der Waals surface area contributed by atoms with E-state index in [0.717, 1.165) is 11.3 Å². The van der Waals surface area contributed by atoms with E-state index in [1.54, 1.807) is 7.11 Å². The van der Waals surface area contributed by atoms with Crippen molar-refractivity contribution in [1.29, 1.82) is 0 Å². The number of nitrogens with zero attached hydrogens (tertiary/aromatic N) is 2. The van der Waals surface area contributed by atoms with Gasteiger partial charge in [-0.05, 0) is 36.3 Å². The fourth-order valence-corrected chi connectivity index (χ4v) is 3.84. The molecular formula is C20H29N3O2. The zero-order valence-corrected chi connectivity index (χ0v) is 15.7. The third-order valence-electron chi connectivity index (χ3n) is 5.19. The molecule has 2 unspecified atom stereocenters. The molecule has 2 atom stereocenters. The normalized spacial score (nSPS) is 21.3. The number of methoxy groups -OCH3 is 1. The lowest BCUT2D eigenvalue weighted by Crippen LogP contribution is -2.43. The van der Waals surface area contributed by atoms with E-state index in [1.165, 1.54) is 25.7 Å². The van der Waals surface area contributed by atoms with Crippen molar-refractivity contribution in [3.05, 3.63) is 30.2 Å². The van der Waals surface area contributed by atoms with Crippen molar-refractivity contribution in [2.75, 3.05) is 7.11 Å². The van der Waals surface area contributed by atoms with Gasteiger partial charge in [-0.25, -0.2) is 0 Å². The Labute approximate surface area is 150 Å². The average molecular weight is 343 g/mol. The molecule has 1 aliphatic rings. The van der Waals surface area contributed by atoms with Crippen LogP contribution in [0, 0.1) is 11.3 Å². The number of rotatable bonds is 5. The highest BCUT2D eigenvalue weighted by molar-refractivity contribution is 5.56. The third-order valence-corrected chi connectivity index (χ3v) is 5.19. The van der Waals surface area contributed by atoms with Crippen LogP contribution in [0.5, 0.6) is 5.75 Å². The molecule has 3 rings (SSSR count). The van der Waals surface area contributed by atoms with Gasteiger partial charge in [-0.1, -0.05) is 50.9 Å². The van der Waals surface area contributed by atoms with E-state index in [-0.39, 0.29) is 0 Å². The van der Waals surface area contributed by atoms with Crippen molar-refractivity contribution in [1.82, 2.24) is 15.5 Å². The second kappa shape index (κ2) is 7.56. The summed E-state index contributed by atoms with van der Waals surface area (Å²) >= 11 is 0. The van der Waals surface area contributed by atoms with Crippen LogP contribution in [0.3, 0.4) is 0 Å². The molecule has 136 valence electrons. The standard InChI is InChI=1S/C20H29N3O2/c1-20(2,3)16-10-5-6-11-17(16)21-13-18-22-19(23-25-18)14-8-7-9-15(12-14)24-4/h7-9,12,16-17,21H,5-6,10-11,13H2,1-4H3. The maximum absolute atomic E-state index is 5.44. The Kier molecular flexibility index (Phi) is 5.42. The first-order valence-electron chi connectivity index (χ1n) is 9.18. The summed E-state index contributed by atoms with van der Waals surface area (Å²) in [7, 11) is 1.65. The minimum atomic E-state index is 0.318. The highest BCUT2D eigenvalue weighted by Gasteiger charge is 2.33. The average Bonchev–Trinajstić information content (AvgIpc) is 3.08. The van der Waals surface area contributed by atoms with Crippen LogP contribution in [0.15, 0.2) is 28.8 Å². The van der Waals surface area contributed by atoms with Crippen LogP contribution < -0.4 is 10.1 Å². The van der Waals surface area contributed by atoms with Gasteiger partial charge in [-0.15, -0.1) is 0 Å². The smallest absolute Gasteiger partial charge is 0.240 e. The quantitative estimate of drug-likeness (QED) is 0.869. The van der Waals surface area contributed by atoms with E-state index >= 15 is 0 Å². The Morgan fingerprint density at radius 1 is 1.24 bits per heavy atom. The van der Waals surface area contributed by atoms with Gasteiger partial charge in [0.2, 0.25) is 11.7 Å². The summed E-state index contributed by atoms with van der Waals surface area (Å²) in [5.74, 6) is 2.71. The summed E-state index contributed by atoms with van der Waals surface area (Å²) in [6, 6.07) is 8.22. The highest BCUT2D eigenvalue weighted by Crippen LogP contribution is 2.38. The van der Waals surface area contributed by atoms with Crippen molar-refractivity contribution in [2.24, 2.45) is 11.3 Å². The first kappa shape index (κ1) is 17.9. The van der Waals surface area contributed by atoms with Crippen molar-refractivity contribution < 1.29 is 9.26 Å². The number of ether oxygens (including phenoxy) is 1. The lowest BCUT2D eigenvalue weighted by atomic mass is 9.69. The molecule has 5 nitrogen and oxygen atoms in total. The molecule has 5 heteroatoms. The Bertz CT molecular complexity index is 690. The van der Waals surface area contributed by atoms with E-state index in [1.807, 2.05) is 24.3 Å². The first-order valence-corrected chi connectivity index (χ1v) is 9.18. The second-order valence-corrected chi connectivity index (χ2v) is 7.99. The molecular weight excluding hydrogens is 314 g/mol. The summed E-state index contributed by atoms with van der Waals surface area (Å²) in [6.07, 6.45) is 5.14. The molecule has 0 bridgehead atoms. The number of nitrogens with one attached hydrogen (secondary N) is 1. The molecule has 0 saturated heterocycles. The molecule has 0 amide bonds. The van der Waals surface area contributed by atoms with Crippen molar-refractivity contribution in [3.8, 4) is 17.1 Å². The zero-order chi connectivity index (χ0) is 17.9. The molecule has 0 radical (unpaired) electrons. The van der Waals surface area contributed by atoms with E-state index in [2.05, 4.69) is 36.2 Å². The van der Waals surface area contributed by atoms with Gasteiger partial charge >= 0.3 is 0 Å². The van der Waals surface area contributed by atoms with Gasteiger partial charge in [0.15, 0.2) is 0 Å². The molecule has 2 aromatic rings. The molecule has 1 N–H and O–H groups in total. The largest absolute Gasteiger partial charge is 0.497 e. The Balaban J connectivity index is 1.65. The van der Waals surface area contributed by atoms with E-state index in [9.17, 15) is 0 Å². The SMILES string of the molecule is COc1cccc(-c2noc(CNC3CCCCC3C(C)(C)C)n2)c1. The lowest BCUT2D eigenvalue weighted by Gasteiger charge is -2.40. The summed E-state index contributed by atoms with van der Waals surface area (Å²) in [5, 5.41) is 7.77. The summed E-state index contributed by atoms with van der Waals surface area (Å²) < 4.78 is 10.7. The Morgan fingerprint density at radius 2 is 2.04 bits per heavy atom. The van der Waals surface area contributed by atoms with Gasteiger partial charge in [0.1, 0.15) is 5.75 Å². The summed E-state index contributed by atoms with van der Waals surface area (Å²) in [6.45, 7) is 7.63. The van der Waals surface area contributed by atoms with Crippen LogP contribution in [0.25, 0.3) is 11.4 Å². The number of aromatic nitrogens is 2. The predicted molar refractivity (Wildman–Crippen MR) is 98.3 cm³/mol. The van der Waals surface area contributed by atoms with Crippen LogP contribution >= 0.6 is 0 Å². The Morgan fingerprint density at radius 3 is 2.80 bits per heavy atom. The minimum Gasteiger partial charge on any atom is -0.497 e. The fraction of sp³-hybridized carbons (Fsp3) is 0.600. The molecule has 25 heavy (non-hydrogen) atoms. The first-order chi connectivity index (χ1) is 12.0. The number of benzene rings is 1. The number of hydrogen-bond acceptors (Lipinski definition) is 5. The molecule has 0 spiro atoms. The van der Waals surface area contributed by atoms with Gasteiger partial charge in [0.25, 0.3) is 0 Å². The molecule has 1 aliphatic carbocycles. The zero-order valence-electron chi connectivity index (χ0n) is 15.7. The van der Waals surface area contributed by atoms with Crippen LogP contribution in [0.4, 0.5) is 0 Å². The van der Waals surface area contributed by atoms with E-state index < -0.39 is 0 Å². The van der Waals surface area contributed by atoms with Gasteiger partial charge in [0.05, 0.1) is 13.7 Å². The number of hydrogen-bond donors (Lipinski definition) is 1. The van der Waals surface area contributed by atoms with Crippen molar-refractivity contribution in [3.63, 3.8) is 0 Å². The van der Waals surface area contributed by atoms with Crippen molar-refractivity contribution >= 4 is 0 Å². The van der Waals surface area contributed by atoms with Crippen LogP contribution in [-0.2, 0) is 6.54 Å². The maximum Gasteiger partial charge on any atom is 0.240 e. The summed E-state index contributed by atoms with van der Waals surface area (Å²) in [5.41, 5.74) is 1.22. The Hall–Kier alpha value is -1.88. The predicted octanol–water partition coefficient (Wildman–Crippen LogP) is 4.44. The van der Waals surface area contributed by atoms with Gasteiger partial charge < -0.3 is 14.6 Å². The molecule has 1 aromatic carbocycles. The van der Waals surface area contributed by atoms with Crippen molar-refractivity contribution in [2.45, 2.75) is 59.0 Å². The third kappa shape index (κ3) is 4.40. The van der Waals surface area contributed by atoms with Crippen LogP contribution in [-0.4, -0.2) is 23.3 Å². The highest BCUT2D eigenvalue weighted by atomic mass is 16.5. The van der Waals surface area contributed by atoms with E-state index in [0.29, 0.717) is 35.6 Å². The lowest BCUT2D eigenvalue weighted by molar-refractivity contribution is 0.127. The molecule has 0 aliphatic heterocycles. The van der Waals surface area contributed by atoms with Gasteiger partial charge in [0, 0.05) is 11.6 Å². The van der Waals surface area contributed by atoms with Crippen LogP contribution in [0.1, 0.15) is 52.3 Å². The second-order valence-electron chi connectivity index (χ2n) is 7.99. The monoisotopic (exact) mass is 343 g/mol. The molecule has 1 fully saturated rings. The maximum atomic E-state index is 5.44. The topological polar surface area (TPSA) is 60.2 Å². The van der Waals surface area contributed by atoms with Gasteiger partial charge in [-0.3, -0.25) is 0 Å². The molecule has 1 saturated carbocycles. The fourth-order valence-electron chi connectivity index (χ4n) is 3.84. The minimum absolute atomic E-state index is 0.318. The van der Waals surface area contributed by atoms with Gasteiger partial charge in [-0.2, -0.15) is 4.98 Å². The molecule has 1 heterocycles.